The van der Waals surface area contributed by atoms with Crippen molar-refractivity contribution >= 4 is 23.4 Å². The van der Waals surface area contributed by atoms with Crippen molar-refractivity contribution in [3.63, 3.8) is 0 Å². The van der Waals surface area contributed by atoms with E-state index in [0.29, 0.717) is 50.3 Å². The molecule has 3 aromatic carbocycles. The molecule has 0 atom stereocenters. The minimum Gasteiger partial charge on any atom is -0.368 e. The van der Waals surface area contributed by atoms with Crippen LogP contribution in [-0.2, 0) is 6.42 Å². The number of hydrogen-bond donors (Lipinski definition) is 0. The maximum atomic E-state index is 13.2. The van der Waals surface area contributed by atoms with Gasteiger partial charge in [-0.2, -0.15) is 0 Å². The van der Waals surface area contributed by atoms with Gasteiger partial charge in [0.05, 0.1) is 11.1 Å². The molecule has 1 saturated heterocycles. The summed E-state index contributed by atoms with van der Waals surface area (Å²) in [6.45, 7) is 2.59. The van der Waals surface area contributed by atoms with Gasteiger partial charge >= 0.3 is 0 Å². The first-order valence-electron chi connectivity index (χ1n) is 11.4. The van der Waals surface area contributed by atoms with Crippen LogP contribution in [0.2, 0.25) is 0 Å². The van der Waals surface area contributed by atoms with Crippen LogP contribution in [0.3, 0.4) is 0 Å². The third-order valence-corrected chi connectivity index (χ3v) is 6.44. The molecule has 5 rings (SSSR count). The number of piperazine rings is 1. The van der Waals surface area contributed by atoms with Crippen LogP contribution in [0.25, 0.3) is 0 Å². The largest absolute Gasteiger partial charge is 0.368 e. The molecule has 7 heteroatoms. The Hall–Kier alpha value is -4.00. The van der Waals surface area contributed by atoms with E-state index in [1.165, 1.54) is 17.0 Å². The van der Waals surface area contributed by atoms with Crippen LogP contribution in [-0.4, -0.2) is 60.2 Å². The van der Waals surface area contributed by atoms with Gasteiger partial charge in [0.25, 0.3) is 17.7 Å². The Morgan fingerprint density at radius 3 is 2.18 bits per heavy atom. The van der Waals surface area contributed by atoms with Gasteiger partial charge in [0.2, 0.25) is 0 Å². The normalized spacial score (nSPS) is 15.6. The molecule has 2 aliphatic heterocycles. The van der Waals surface area contributed by atoms with Crippen LogP contribution >= 0.6 is 0 Å². The van der Waals surface area contributed by atoms with E-state index in [4.69, 9.17) is 0 Å². The van der Waals surface area contributed by atoms with E-state index < -0.39 is 0 Å². The summed E-state index contributed by atoms with van der Waals surface area (Å²) < 4.78 is 13.2. The van der Waals surface area contributed by atoms with Crippen molar-refractivity contribution < 1.29 is 18.8 Å². The number of amides is 3. The Bertz CT molecular complexity index is 1240. The molecule has 0 aliphatic carbocycles. The van der Waals surface area contributed by atoms with Gasteiger partial charge in [0.1, 0.15) is 5.82 Å². The lowest BCUT2D eigenvalue weighted by Gasteiger charge is -2.36. The molecule has 0 N–H and O–H groups in total. The van der Waals surface area contributed by atoms with Gasteiger partial charge in [-0.1, -0.05) is 30.3 Å². The van der Waals surface area contributed by atoms with Gasteiger partial charge in [-0.25, -0.2) is 4.39 Å². The van der Waals surface area contributed by atoms with Gasteiger partial charge in [0.15, 0.2) is 0 Å². The summed E-state index contributed by atoms with van der Waals surface area (Å²) in [5, 5.41) is 0. The SMILES string of the molecule is O=C(c1ccc2c(c1)C(=O)N(CCc1ccccc1)C2=O)N1CCN(c2ccc(F)cc2)CC1. The van der Waals surface area contributed by atoms with E-state index >= 15 is 0 Å². The highest BCUT2D eigenvalue weighted by Crippen LogP contribution is 2.25. The molecule has 0 spiro atoms. The summed E-state index contributed by atoms with van der Waals surface area (Å²) in [7, 11) is 0. The van der Waals surface area contributed by atoms with E-state index in [2.05, 4.69) is 4.90 Å². The number of benzene rings is 3. The summed E-state index contributed by atoms with van der Waals surface area (Å²) in [6.07, 6.45) is 0.580. The third-order valence-electron chi connectivity index (χ3n) is 6.44. The second-order valence-electron chi connectivity index (χ2n) is 8.51. The van der Waals surface area contributed by atoms with Crippen molar-refractivity contribution in [1.82, 2.24) is 9.80 Å². The molecule has 3 amide bonds. The monoisotopic (exact) mass is 457 g/mol. The zero-order chi connectivity index (χ0) is 23.7. The Morgan fingerprint density at radius 1 is 0.794 bits per heavy atom. The highest BCUT2D eigenvalue weighted by atomic mass is 19.1. The molecule has 34 heavy (non-hydrogen) atoms. The van der Waals surface area contributed by atoms with Gasteiger partial charge in [-0.3, -0.25) is 19.3 Å². The van der Waals surface area contributed by atoms with Crippen molar-refractivity contribution in [2.45, 2.75) is 6.42 Å². The predicted molar refractivity (Wildman–Crippen MR) is 126 cm³/mol. The molecule has 3 aromatic rings. The van der Waals surface area contributed by atoms with Crippen LogP contribution in [0.5, 0.6) is 0 Å². The van der Waals surface area contributed by atoms with Crippen molar-refractivity contribution in [2.24, 2.45) is 0 Å². The second-order valence-corrected chi connectivity index (χ2v) is 8.51. The molecule has 0 radical (unpaired) electrons. The van der Waals surface area contributed by atoms with Crippen molar-refractivity contribution in [1.29, 1.82) is 0 Å². The van der Waals surface area contributed by atoms with Gasteiger partial charge in [-0.05, 0) is 54.4 Å². The number of carbonyl (C=O) groups excluding carboxylic acids is 3. The zero-order valence-corrected chi connectivity index (χ0v) is 18.6. The number of imide groups is 1. The molecule has 0 unspecified atom stereocenters. The summed E-state index contributed by atoms with van der Waals surface area (Å²) in [5.74, 6) is -1.11. The van der Waals surface area contributed by atoms with E-state index in [9.17, 15) is 18.8 Å². The van der Waals surface area contributed by atoms with E-state index in [-0.39, 0.29) is 29.1 Å². The molecular weight excluding hydrogens is 433 g/mol. The second kappa shape index (κ2) is 9.09. The average Bonchev–Trinajstić information content (AvgIpc) is 3.12. The van der Waals surface area contributed by atoms with Crippen LogP contribution < -0.4 is 4.90 Å². The number of carbonyl (C=O) groups is 3. The highest BCUT2D eigenvalue weighted by molar-refractivity contribution is 6.22. The minimum atomic E-state index is -0.355. The molecule has 172 valence electrons. The van der Waals surface area contributed by atoms with Crippen molar-refractivity contribution in [3.8, 4) is 0 Å². The molecule has 6 nitrogen and oxygen atoms in total. The van der Waals surface area contributed by atoms with E-state index in [1.54, 1.807) is 35.2 Å². The predicted octanol–water partition coefficient (Wildman–Crippen LogP) is 3.63. The average molecular weight is 458 g/mol. The maximum absolute atomic E-state index is 13.2. The first-order valence-corrected chi connectivity index (χ1v) is 11.4. The Balaban J connectivity index is 1.25. The summed E-state index contributed by atoms with van der Waals surface area (Å²) in [4.78, 5) is 44.0. The molecule has 0 bridgehead atoms. The molecule has 1 fully saturated rings. The minimum absolute atomic E-state index is 0.162. The quantitative estimate of drug-likeness (QED) is 0.549. The number of anilines is 1. The molecule has 0 aromatic heterocycles. The van der Waals surface area contributed by atoms with Gasteiger partial charge < -0.3 is 9.80 Å². The number of fused-ring (bicyclic) bond motifs is 1. The molecular formula is C27H24FN3O3. The van der Waals surface area contributed by atoms with Crippen molar-refractivity contribution in [2.75, 3.05) is 37.6 Å². The lowest BCUT2D eigenvalue weighted by molar-refractivity contribution is 0.0655. The molecule has 0 saturated carbocycles. The highest BCUT2D eigenvalue weighted by Gasteiger charge is 2.36. The zero-order valence-electron chi connectivity index (χ0n) is 18.6. The number of hydrogen-bond acceptors (Lipinski definition) is 4. The van der Waals surface area contributed by atoms with Gasteiger partial charge in [0, 0.05) is 44.0 Å². The lowest BCUT2D eigenvalue weighted by Crippen LogP contribution is -2.48. The number of rotatable bonds is 5. The Labute approximate surface area is 197 Å². The Morgan fingerprint density at radius 2 is 1.47 bits per heavy atom. The smallest absolute Gasteiger partial charge is 0.261 e. The Kier molecular flexibility index (Phi) is 5.84. The summed E-state index contributed by atoms with van der Waals surface area (Å²) >= 11 is 0. The fourth-order valence-electron chi connectivity index (χ4n) is 4.51. The first-order chi connectivity index (χ1) is 16.5. The van der Waals surface area contributed by atoms with Gasteiger partial charge in [-0.15, -0.1) is 0 Å². The van der Waals surface area contributed by atoms with Crippen LogP contribution in [0.4, 0.5) is 10.1 Å². The lowest BCUT2D eigenvalue weighted by atomic mass is 10.0. The van der Waals surface area contributed by atoms with Crippen molar-refractivity contribution in [3.05, 3.63) is 101 Å². The van der Waals surface area contributed by atoms with Crippen LogP contribution in [0.1, 0.15) is 36.6 Å². The summed E-state index contributed by atoms with van der Waals surface area (Å²) in [6, 6.07) is 20.8. The topological polar surface area (TPSA) is 60.9 Å². The van der Waals surface area contributed by atoms with Crippen LogP contribution in [0.15, 0.2) is 72.8 Å². The first kappa shape index (κ1) is 21.8. The third kappa shape index (κ3) is 4.17. The standard InChI is InChI=1S/C27H24FN3O3/c28-21-7-9-22(10-8-21)29-14-16-30(17-15-29)25(32)20-6-11-23-24(18-20)27(34)31(26(23)33)13-12-19-4-2-1-3-5-19/h1-11,18H,12-17H2. The molecule has 2 aliphatic rings. The molecule has 2 heterocycles. The van der Waals surface area contributed by atoms with E-state index in [1.807, 2.05) is 30.3 Å². The number of nitrogens with zero attached hydrogens (tertiary/aromatic N) is 3. The summed E-state index contributed by atoms with van der Waals surface area (Å²) in [5.41, 5.74) is 3.00. The maximum Gasteiger partial charge on any atom is 0.261 e. The fourth-order valence-corrected chi connectivity index (χ4v) is 4.51. The number of halogens is 1. The van der Waals surface area contributed by atoms with Crippen LogP contribution in [0, 0.1) is 5.82 Å². The van der Waals surface area contributed by atoms with E-state index in [0.717, 1.165) is 11.3 Å². The fraction of sp³-hybridized carbons (Fsp3) is 0.222.